The molecular formula is C19H20BrN3O6S. The maximum Gasteiger partial charge on any atom is 0.260 e. The van der Waals surface area contributed by atoms with Gasteiger partial charge in [0.2, 0.25) is 16.8 Å². The van der Waals surface area contributed by atoms with Crippen molar-refractivity contribution in [1.29, 1.82) is 0 Å². The topological polar surface area (TPSA) is 107 Å². The molecule has 1 heterocycles. The van der Waals surface area contributed by atoms with Crippen molar-refractivity contribution in [2.75, 3.05) is 30.5 Å². The lowest BCUT2D eigenvalue weighted by Crippen LogP contribution is -2.39. The molecule has 0 radical (unpaired) electrons. The third kappa shape index (κ3) is 5.42. The third-order valence-electron chi connectivity index (χ3n) is 4.01. The molecule has 0 bridgehead atoms. The number of benzene rings is 2. The number of anilines is 1. The number of amides is 1. The van der Waals surface area contributed by atoms with Crippen LogP contribution < -0.4 is 23.9 Å². The standard InChI is InChI=1S/C19H20BrN3O6S/c1-3-27-15-6-4-14(5-7-15)23(30(2,25)26)11-19(24)22-21-10-13-8-17-18(9-16(13)20)29-12-28-17/h4-10H,3,11-12H2,1-2H3,(H,22,24)/b21-10+. The predicted molar refractivity (Wildman–Crippen MR) is 116 cm³/mol. The Morgan fingerprint density at radius 2 is 1.93 bits per heavy atom. The molecule has 0 atom stereocenters. The molecule has 0 fully saturated rings. The Morgan fingerprint density at radius 3 is 2.57 bits per heavy atom. The van der Waals surface area contributed by atoms with E-state index >= 15 is 0 Å². The predicted octanol–water partition coefficient (Wildman–Crippen LogP) is 2.49. The van der Waals surface area contributed by atoms with Crippen LogP contribution in [-0.2, 0) is 14.8 Å². The zero-order chi connectivity index (χ0) is 21.7. The molecule has 2 aromatic rings. The van der Waals surface area contributed by atoms with Crippen LogP contribution in [0.3, 0.4) is 0 Å². The first-order chi connectivity index (χ1) is 14.3. The average Bonchev–Trinajstić information content (AvgIpc) is 3.13. The fraction of sp³-hybridized carbons (Fsp3) is 0.263. The number of nitrogens with zero attached hydrogens (tertiary/aromatic N) is 2. The normalized spacial score (nSPS) is 12.8. The van der Waals surface area contributed by atoms with Crippen LogP contribution in [0.5, 0.6) is 17.2 Å². The van der Waals surface area contributed by atoms with Crippen LogP contribution in [0.25, 0.3) is 0 Å². The zero-order valence-corrected chi connectivity index (χ0v) is 18.7. The summed E-state index contributed by atoms with van der Waals surface area (Å²) in [4.78, 5) is 12.3. The molecule has 0 aromatic heterocycles. The lowest BCUT2D eigenvalue weighted by Gasteiger charge is -2.21. The number of hydrogen-bond donors (Lipinski definition) is 1. The molecule has 1 amide bonds. The highest BCUT2D eigenvalue weighted by Gasteiger charge is 2.21. The van der Waals surface area contributed by atoms with Crippen molar-refractivity contribution in [3.63, 3.8) is 0 Å². The van der Waals surface area contributed by atoms with E-state index in [1.165, 1.54) is 6.21 Å². The Bertz CT molecular complexity index is 1060. The first-order valence-electron chi connectivity index (χ1n) is 8.89. The Hall–Kier alpha value is -2.79. The Kier molecular flexibility index (Phi) is 6.83. The zero-order valence-electron chi connectivity index (χ0n) is 16.3. The molecular weight excluding hydrogens is 478 g/mol. The first kappa shape index (κ1) is 21.9. The fourth-order valence-electron chi connectivity index (χ4n) is 2.65. The molecule has 160 valence electrons. The minimum atomic E-state index is -3.69. The largest absolute Gasteiger partial charge is 0.494 e. The molecule has 1 aliphatic rings. The molecule has 3 rings (SSSR count). The van der Waals surface area contributed by atoms with E-state index in [1.54, 1.807) is 36.4 Å². The molecule has 1 N–H and O–H groups in total. The molecule has 0 saturated carbocycles. The van der Waals surface area contributed by atoms with Crippen LogP contribution in [0, 0.1) is 0 Å². The average molecular weight is 498 g/mol. The van der Waals surface area contributed by atoms with Crippen molar-refractivity contribution in [2.24, 2.45) is 5.10 Å². The number of carbonyl (C=O) groups excluding carboxylic acids is 1. The highest BCUT2D eigenvalue weighted by Crippen LogP contribution is 2.36. The van der Waals surface area contributed by atoms with Crippen molar-refractivity contribution >= 4 is 43.8 Å². The molecule has 11 heteroatoms. The smallest absolute Gasteiger partial charge is 0.260 e. The minimum Gasteiger partial charge on any atom is -0.494 e. The van der Waals surface area contributed by atoms with Crippen molar-refractivity contribution < 1.29 is 27.4 Å². The van der Waals surface area contributed by atoms with Gasteiger partial charge in [-0.05, 0) is 59.3 Å². The first-order valence-corrected chi connectivity index (χ1v) is 11.5. The monoisotopic (exact) mass is 497 g/mol. The lowest BCUT2D eigenvalue weighted by molar-refractivity contribution is -0.119. The summed E-state index contributed by atoms with van der Waals surface area (Å²) in [5.41, 5.74) is 3.34. The van der Waals surface area contributed by atoms with Crippen LogP contribution in [0.15, 0.2) is 46.0 Å². The van der Waals surface area contributed by atoms with Gasteiger partial charge >= 0.3 is 0 Å². The van der Waals surface area contributed by atoms with E-state index in [4.69, 9.17) is 14.2 Å². The number of carbonyl (C=O) groups is 1. The second kappa shape index (κ2) is 9.35. The number of nitrogens with one attached hydrogen (secondary N) is 1. The van der Waals surface area contributed by atoms with Crippen molar-refractivity contribution in [2.45, 2.75) is 6.92 Å². The summed E-state index contributed by atoms with van der Waals surface area (Å²) < 4.78 is 42.0. The number of hydrogen-bond acceptors (Lipinski definition) is 7. The fourth-order valence-corrected chi connectivity index (χ4v) is 3.93. The van der Waals surface area contributed by atoms with Gasteiger partial charge in [-0.3, -0.25) is 9.10 Å². The number of rotatable bonds is 8. The van der Waals surface area contributed by atoms with Crippen molar-refractivity contribution in [1.82, 2.24) is 5.43 Å². The van der Waals surface area contributed by atoms with Crippen LogP contribution in [0.2, 0.25) is 0 Å². The van der Waals surface area contributed by atoms with E-state index in [1.807, 2.05) is 6.92 Å². The molecule has 0 aliphatic carbocycles. The van der Waals surface area contributed by atoms with E-state index in [0.717, 1.165) is 10.6 Å². The van der Waals surface area contributed by atoms with Gasteiger partial charge in [-0.25, -0.2) is 13.8 Å². The number of sulfonamides is 1. The number of ether oxygens (including phenoxy) is 3. The van der Waals surface area contributed by atoms with Crippen LogP contribution in [0.1, 0.15) is 12.5 Å². The van der Waals surface area contributed by atoms with Gasteiger partial charge in [0.15, 0.2) is 11.5 Å². The second-order valence-corrected chi connectivity index (χ2v) is 8.98. The summed E-state index contributed by atoms with van der Waals surface area (Å²) >= 11 is 3.39. The third-order valence-corrected chi connectivity index (χ3v) is 5.84. The molecule has 9 nitrogen and oxygen atoms in total. The van der Waals surface area contributed by atoms with Gasteiger partial charge < -0.3 is 14.2 Å². The molecule has 30 heavy (non-hydrogen) atoms. The van der Waals surface area contributed by atoms with Crippen molar-refractivity contribution in [3.8, 4) is 17.2 Å². The van der Waals surface area contributed by atoms with Gasteiger partial charge in [0.1, 0.15) is 12.3 Å². The summed E-state index contributed by atoms with van der Waals surface area (Å²) in [7, 11) is -3.69. The molecule has 0 unspecified atom stereocenters. The van der Waals surface area contributed by atoms with Gasteiger partial charge in [-0.2, -0.15) is 5.10 Å². The summed E-state index contributed by atoms with van der Waals surface area (Å²) in [5, 5.41) is 3.90. The number of hydrazone groups is 1. The van der Waals surface area contributed by atoms with Crippen molar-refractivity contribution in [3.05, 3.63) is 46.4 Å². The number of halogens is 1. The Balaban J connectivity index is 1.67. The van der Waals surface area contributed by atoms with Gasteiger partial charge in [0.25, 0.3) is 5.91 Å². The highest BCUT2D eigenvalue weighted by atomic mass is 79.9. The summed E-state index contributed by atoms with van der Waals surface area (Å²) in [6.07, 6.45) is 2.45. The van der Waals surface area contributed by atoms with Gasteiger partial charge in [-0.15, -0.1) is 0 Å². The summed E-state index contributed by atoms with van der Waals surface area (Å²) in [6, 6.07) is 9.89. The van der Waals surface area contributed by atoms with E-state index < -0.39 is 22.5 Å². The van der Waals surface area contributed by atoms with E-state index in [2.05, 4.69) is 26.5 Å². The van der Waals surface area contributed by atoms with Crippen LogP contribution >= 0.6 is 15.9 Å². The van der Waals surface area contributed by atoms with E-state index in [9.17, 15) is 13.2 Å². The summed E-state index contributed by atoms with van der Waals surface area (Å²) in [6.45, 7) is 2.07. The molecule has 0 spiro atoms. The quantitative estimate of drug-likeness (QED) is 0.443. The maximum atomic E-state index is 12.3. The minimum absolute atomic E-state index is 0.145. The van der Waals surface area contributed by atoms with E-state index in [-0.39, 0.29) is 6.79 Å². The maximum absolute atomic E-state index is 12.3. The molecule has 2 aromatic carbocycles. The molecule has 0 saturated heterocycles. The second-order valence-electron chi connectivity index (χ2n) is 6.22. The highest BCUT2D eigenvalue weighted by molar-refractivity contribution is 9.10. The van der Waals surface area contributed by atoms with Crippen LogP contribution in [-0.4, -0.2) is 46.7 Å². The van der Waals surface area contributed by atoms with Gasteiger partial charge in [0, 0.05) is 10.0 Å². The van der Waals surface area contributed by atoms with Gasteiger partial charge in [0.05, 0.1) is 24.8 Å². The summed E-state index contributed by atoms with van der Waals surface area (Å²) in [5.74, 6) is 1.20. The SMILES string of the molecule is CCOc1ccc(N(CC(=O)N/N=C/c2cc3c(cc2Br)OCO3)S(C)(=O)=O)cc1. The Morgan fingerprint density at radius 1 is 1.27 bits per heavy atom. The van der Waals surface area contributed by atoms with Crippen LogP contribution in [0.4, 0.5) is 5.69 Å². The van der Waals surface area contributed by atoms with Gasteiger partial charge in [-0.1, -0.05) is 0 Å². The molecule has 1 aliphatic heterocycles. The Labute approximate surface area is 182 Å². The lowest BCUT2D eigenvalue weighted by atomic mass is 10.2. The number of fused-ring (bicyclic) bond motifs is 1. The van der Waals surface area contributed by atoms with E-state index in [0.29, 0.717) is 39.6 Å².